The summed E-state index contributed by atoms with van der Waals surface area (Å²) >= 11 is 7.30. The maximum Gasteiger partial charge on any atom is 0.277 e. The molecule has 22 heavy (non-hydrogen) atoms. The van der Waals surface area contributed by atoms with E-state index in [1.54, 1.807) is 6.07 Å². The SMILES string of the molecule is Cc1c(C(=O)c2c[nH]n(C(C)C)c2=O)ccc2sc(Cl)nc12. The Hall–Kier alpha value is -1.92. The number of nitrogens with zero attached hydrogens (tertiary/aromatic N) is 2. The van der Waals surface area contributed by atoms with Crippen LogP contribution in [0.3, 0.4) is 0 Å². The number of H-pyrrole nitrogens is 1. The number of rotatable bonds is 3. The van der Waals surface area contributed by atoms with E-state index in [1.807, 2.05) is 26.8 Å². The van der Waals surface area contributed by atoms with Crippen LogP contribution in [0.1, 0.15) is 41.4 Å². The molecule has 1 aromatic carbocycles. The Bertz CT molecular complexity index is 936. The van der Waals surface area contributed by atoms with Gasteiger partial charge in [-0.25, -0.2) is 4.98 Å². The lowest BCUT2D eigenvalue weighted by molar-refractivity contribution is 0.103. The summed E-state index contributed by atoms with van der Waals surface area (Å²) in [4.78, 5) is 29.2. The van der Waals surface area contributed by atoms with Gasteiger partial charge in [-0.3, -0.25) is 14.3 Å². The van der Waals surface area contributed by atoms with Gasteiger partial charge in [-0.1, -0.05) is 11.6 Å². The van der Waals surface area contributed by atoms with E-state index >= 15 is 0 Å². The molecule has 5 nitrogen and oxygen atoms in total. The molecular formula is C15H14ClN3O2S. The molecule has 1 N–H and O–H groups in total. The molecule has 0 radical (unpaired) electrons. The largest absolute Gasteiger partial charge is 0.302 e. The molecule has 0 saturated carbocycles. The van der Waals surface area contributed by atoms with Crippen molar-refractivity contribution in [1.29, 1.82) is 0 Å². The van der Waals surface area contributed by atoms with Crippen LogP contribution in [0.15, 0.2) is 23.1 Å². The van der Waals surface area contributed by atoms with E-state index in [1.165, 1.54) is 22.2 Å². The molecule has 2 aromatic heterocycles. The number of thiazole rings is 1. The van der Waals surface area contributed by atoms with Gasteiger partial charge in [0.2, 0.25) is 5.78 Å². The molecule has 114 valence electrons. The van der Waals surface area contributed by atoms with Crippen LogP contribution in [0.5, 0.6) is 0 Å². The Morgan fingerprint density at radius 1 is 1.36 bits per heavy atom. The number of ketones is 1. The standard InChI is InChI=1S/C15H14ClN3O2S/c1-7(2)19-14(21)10(6-17-19)13(20)9-4-5-11-12(8(9)3)18-15(16)22-11/h4-7,17H,1-3H3. The highest BCUT2D eigenvalue weighted by Gasteiger charge is 2.20. The molecule has 0 amide bonds. The Kier molecular flexibility index (Phi) is 3.66. The van der Waals surface area contributed by atoms with Crippen molar-refractivity contribution in [1.82, 2.24) is 14.8 Å². The van der Waals surface area contributed by atoms with E-state index in [2.05, 4.69) is 10.1 Å². The van der Waals surface area contributed by atoms with Gasteiger partial charge in [0.15, 0.2) is 4.47 Å². The molecular weight excluding hydrogens is 322 g/mol. The third-order valence-electron chi connectivity index (χ3n) is 3.59. The van der Waals surface area contributed by atoms with Gasteiger partial charge in [0, 0.05) is 17.8 Å². The molecule has 3 rings (SSSR count). The van der Waals surface area contributed by atoms with Crippen molar-refractivity contribution in [2.75, 3.05) is 0 Å². The first-order valence-corrected chi connectivity index (χ1v) is 8.00. The second-order valence-electron chi connectivity index (χ2n) is 5.34. The van der Waals surface area contributed by atoms with Gasteiger partial charge in [0.1, 0.15) is 5.56 Å². The van der Waals surface area contributed by atoms with E-state index in [0.29, 0.717) is 15.5 Å². The number of benzene rings is 1. The second kappa shape index (κ2) is 5.37. The Morgan fingerprint density at radius 2 is 2.09 bits per heavy atom. The number of carbonyl (C=O) groups excluding carboxylic acids is 1. The summed E-state index contributed by atoms with van der Waals surface area (Å²) in [5.74, 6) is -0.302. The molecule has 0 aliphatic carbocycles. The van der Waals surface area contributed by atoms with Crippen LogP contribution in [0.4, 0.5) is 0 Å². The van der Waals surface area contributed by atoms with E-state index in [0.717, 1.165) is 10.3 Å². The van der Waals surface area contributed by atoms with E-state index in [9.17, 15) is 9.59 Å². The fourth-order valence-electron chi connectivity index (χ4n) is 2.42. The summed E-state index contributed by atoms with van der Waals surface area (Å²) in [6.07, 6.45) is 1.46. The van der Waals surface area contributed by atoms with Gasteiger partial charge >= 0.3 is 0 Å². The summed E-state index contributed by atoms with van der Waals surface area (Å²) in [5, 5.41) is 2.83. The molecule has 0 aliphatic heterocycles. The molecule has 0 saturated heterocycles. The minimum Gasteiger partial charge on any atom is -0.302 e. The Labute approximate surface area is 135 Å². The van der Waals surface area contributed by atoms with Crippen LogP contribution in [0.25, 0.3) is 10.2 Å². The summed E-state index contributed by atoms with van der Waals surface area (Å²) < 4.78 is 2.79. The molecule has 0 spiro atoms. The maximum atomic E-state index is 12.7. The fourth-order valence-corrected chi connectivity index (χ4v) is 3.50. The molecule has 0 fully saturated rings. The molecule has 0 unspecified atom stereocenters. The molecule has 7 heteroatoms. The summed E-state index contributed by atoms with van der Waals surface area (Å²) in [7, 11) is 0. The van der Waals surface area contributed by atoms with Crippen LogP contribution in [-0.4, -0.2) is 20.5 Å². The van der Waals surface area contributed by atoms with E-state index < -0.39 is 0 Å². The first-order valence-electron chi connectivity index (χ1n) is 6.80. The third-order valence-corrected chi connectivity index (χ3v) is 4.72. The van der Waals surface area contributed by atoms with Crippen molar-refractivity contribution in [3.8, 4) is 0 Å². The van der Waals surface area contributed by atoms with Gasteiger partial charge in [0.25, 0.3) is 5.56 Å². The Balaban J connectivity index is 2.13. The van der Waals surface area contributed by atoms with Crippen LogP contribution in [0.2, 0.25) is 4.47 Å². The number of carbonyl (C=O) groups is 1. The quantitative estimate of drug-likeness (QED) is 0.744. The molecule has 0 bridgehead atoms. The van der Waals surface area contributed by atoms with Crippen LogP contribution < -0.4 is 5.56 Å². The van der Waals surface area contributed by atoms with Crippen LogP contribution in [0, 0.1) is 6.92 Å². The first kappa shape index (κ1) is 15.0. The minimum absolute atomic E-state index is 0.0324. The van der Waals surface area contributed by atoms with Crippen molar-refractivity contribution >= 4 is 38.9 Å². The molecule has 2 heterocycles. The molecule has 3 aromatic rings. The zero-order chi connectivity index (χ0) is 16.0. The van der Waals surface area contributed by atoms with E-state index in [4.69, 9.17) is 11.6 Å². The number of fused-ring (bicyclic) bond motifs is 1. The number of aryl methyl sites for hydroxylation is 1. The average Bonchev–Trinajstić information content (AvgIpc) is 3.01. The van der Waals surface area contributed by atoms with Crippen molar-refractivity contribution < 1.29 is 4.79 Å². The maximum absolute atomic E-state index is 12.7. The third kappa shape index (κ3) is 2.28. The van der Waals surface area contributed by atoms with Gasteiger partial charge in [-0.05, 0) is 38.5 Å². The first-order chi connectivity index (χ1) is 10.4. The molecule has 0 aliphatic rings. The Morgan fingerprint density at radius 3 is 2.73 bits per heavy atom. The lowest BCUT2D eigenvalue weighted by Gasteiger charge is -2.05. The van der Waals surface area contributed by atoms with E-state index in [-0.39, 0.29) is 22.9 Å². The lowest BCUT2D eigenvalue weighted by Crippen LogP contribution is -2.23. The highest BCUT2D eigenvalue weighted by Crippen LogP contribution is 2.30. The predicted molar refractivity (Wildman–Crippen MR) is 88.2 cm³/mol. The van der Waals surface area contributed by atoms with Crippen LogP contribution >= 0.6 is 22.9 Å². The highest BCUT2D eigenvalue weighted by molar-refractivity contribution is 7.22. The van der Waals surface area contributed by atoms with Crippen molar-refractivity contribution in [3.05, 3.63) is 49.8 Å². The second-order valence-corrected chi connectivity index (χ2v) is 6.95. The summed E-state index contributed by atoms with van der Waals surface area (Å²) in [6.45, 7) is 5.57. The number of aromatic amines is 1. The smallest absolute Gasteiger partial charge is 0.277 e. The zero-order valence-electron chi connectivity index (χ0n) is 12.3. The highest BCUT2D eigenvalue weighted by atomic mass is 35.5. The van der Waals surface area contributed by atoms with Crippen molar-refractivity contribution in [2.45, 2.75) is 26.8 Å². The van der Waals surface area contributed by atoms with Crippen molar-refractivity contribution in [2.24, 2.45) is 0 Å². The normalized spacial score (nSPS) is 11.5. The molecule has 0 atom stereocenters. The lowest BCUT2D eigenvalue weighted by atomic mass is 10.0. The average molecular weight is 336 g/mol. The summed E-state index contributed by atoms with van der Waals surface area (Å²) in [5.41, 5.74) is 1.75. The number of hydrogen-bond acceptors (Lipinski definition) is 4. The fraction of sp³-hybridized carbons (Fsp3) is 0.267. The number of nitrogens with one attached hydrogen (secondary N) is 1. The van der Waals surface area contributed by atoms with Gasteiger partial charge in [0.05, 0.1) is 10.2 Å². The van der Waals surface area contributed by atoms with Crippen molar-refractivity contribution in [3.63, 3.8) is 0 Å². The van der Waals surface area contributed by atoms with Crippen LogP contribution in [-0.2, 0) is 0 Å². The predicted octanol–water partition coefficient (Wildman–Crippen LogP) is 3.56. The summed E-state index contributed by atoms with van der Waals surface area (Å²) in [6, 6.07) is 3.50. The number of hydrogen-bond donors (Lipinski definition) is 1. The monoisotopic (exact) mass is 335 g/mol. The van der Waals surface area contributed by atoms with Gasteiger partial charge < -0.3 is 5.10 Å². The minimum atomic E-state index is -0.309. The van der Waals surface area contributed by atoms with Gasteiger partial charge in [-0.2, -0.15) is 0 Å². The topological polar surface area (TPSA) is 67.8 Å². The number of aromatic nitrogens is 3. The zero-order valence-corrected chi connectivity index (χ0v) is 13.9. The number of halogens is 1. The van der Waals surface area contributed by atoms with Gasteiger partial charge in [-0.15, -0.1) is 11.3 Å².